The van der Waals surface area contributed by atoms with Gasteiger partial charge in [0, 0.05) is 17.8 Å². The van der Waals surface area contributed by atoms with Crippen molar-refractivity contribution >= 4 is 11.4 Å². The second kappa shape index (κ2) is 5.85. The lowest BCUT2D eigenvalue weighted by molar-refractivity contribution is -0.385. The minimum atomic E-state index is -0.542. The van der Waals surface area contributed by atoms with Crippen LogP contribution in [-0.4, -0.2) is 11.0 Å². The number of nitrogens with zero attached hydrogens (tertiary/aromatic N) is 2. The van der Waals surface area contributed by atoms with Crippen LogP contribution in [0.5, 0.6) is 0 Å². The van der Waals surface area contributed by atoms with Crippen molar-refractivity contribution in [2.75, 3.05) is 5.32 Å². The second-order valence-electron chi connectivity index (χ2n) is 3.76. The van der Waals surface area contributed by atoms with E-state index < -0.39 is 4.92 Å². The largest absolute Gasteiger partial charge is 0.382 e. The van der Waals surface area contributed by atoms with Crippen molar-refractivity contribution in [3.8, 4) is 6.07 Å². The van der Waals surface area contributed by atoms with Gasteiger partial charge in [-0.1, -0.05) is 13.8 Å². The average Bonchev–Trinajstić information content (AvgIpc) is 2.35. The van der Waals surface area contributed by atoms with E-state index in [1.165, 1.54) is 12.1 Å². The number of nitriles is 1. The molecule has 0 saturated carbocycles. The first-order valence-electron chi connectivity index (χ1n) is 5.57. The summed E-state index contributed by atoms with van der Waals surface area (Å²) in [5.74, 6) is 0. The highest BCUT2D eigenvalue weighted by Crippen LogP contribution is 2.22. The molecule has 0 atom stereocenters. The number of hydrogen-bond acceptors (Lipinski definition) is 4. The molecule has 0 bridgehead atoms. The van der Waals surface area contributed by atoms with Crippen LogP contribution in [0, 0.1) is 21.4 Å². The molecule has 0 aliphatic rings. The van der Waals surface area contributed by atoms with Crippen LogP contribution in [0.3, 0.4) is 0 Å². The van der Waals surface area contributed by atoms with E-state index in [1.54, 1.807) is 6.07 Å². The zero-order valence-electron chi connectivity index (χ0n) is 9.93. The number of nitro benzene ring substituents is 1. The smallest absolute Gasteiger partial charge is 0.287 e. The monoisotopic (exact) mass is 233 g/mol. The van der Waals surface area contributed by atoms with E-state index in [0.717, 1.165) is 18.5 Å². The van der Waals surface area contributed by atoms with Crippen LogP contribution in [0.1, 0.15) is 32.3 Å². The van der Waals surface area contributed by atoms with Crippen LogP contribution in [0.2, 0.25) is 0 Å². The van der Waals surface area contributed by atoms with Crippen molar-refractivity contribution in [3.05, 3.63) is 33.9 Å². The number of hydrogen-bond donors (Lipinski definition) is 1. The van der Waals surface area contributed by atoms with Crippen molar-refractivity contribution in [2.45, 2.75) is 32.7 Å². The summed E-state index contributed by atoms with van der Waals surface area (Å²) in [7, 11) is 0. The van der Waals surface area contributed by atoms with Gasteiger partial charge in [-0.25, -0.2) is 0 Å². The zero-order valence-corrected chi connectivity index (χ0v) is 9.93. The molecule has 1 aromatic carbocycles. The van der Waals surface area contributed by atoms with Crippen LogP contribution in [0.4, 0.5) is 11.4 Å². The maximum atomic E-state index is 10.7. The first-order valence-corrected chi connectivity index (χ1v) is 5.57. The predicted octanol–water partition coefficient (Wildman–Crippen LogP) is 3.07. The maximum absolute atomic E-state index is 10.7. The molecule has 1 rings (SSSR count). The normalized spacial score (nSPS) is 10.0. The van der Waals surface area contributed by atoms with Crippen LogP contribution in [0.15, 0.2) is 18.2 Å². The fraction of sp³-hybridized carbons (Fsp3) is 0.417. The molecule has 1 N–H and O–H groups in total. The highest BCUT2D eigenvalue weighted by Gasteiger charge is 2.14. The molecule has 0 aliphatic heterocycles. The molecule has 0 radical (unpaired) electrons. The van der Waals surface area contributed by atoms with E-state index in [4.69, 9.17) is 5.26 Å². The van der Waals surface area contributed by atoms with Crippen molar-refractivity contribution in [2.24, 2.45) is 0 Å². The molecule has 0 aromatic heterocycles. The van der Waals surface area contributed by atoms with Gasteiger partial charge in [0.05, 0.1) is 4.92 Å². The van der Waals surface area contributed by atoms with Gasteiger partial charge in [-0.2, -0.15) is 5.26 Å². The Hall–Kier alpha value is -2.09. The summed E-state index contributed by atoms with van der Waals surface area (Å²) >= 11 is 0. The van der Waals surface area contributed by atoms with Gasteiger partial charge in [-0.15, -0.1) is 0 Å². The molecular weight excluding hydrogens is 218 g/mol. The Kier molecular flexibility index (Phi) is 4.46. The molecule has 90 valence electrons. The van der Waals surface area contributed by atoms with Crippen molar-refractivity contribution in [1.82, 2.24) is 0 Å². The quantitative estimate of drug-likeness (QED) is 0.626. The number of rotatable bonds is 5. The van der Waals surface area contributed by atoms with E-state index in [-0.39, 0.29) is 11.3 Å². The summed E-state index contributed by atoms with van der Waals surface area (Å²) in [5.41, 5.74) is 0.689. The summed E-state index contributed by atoms with van der Waals surface area (Å²) in [4.78, 5) is 10.1. The molecule has 1 aromatic rings. The van der Waals surface area contributed by atoms with Crippen LogP contribution in [-0.2, 0) is 0 Å². The minimum Gasteiger partial charge on any atom is -0.382 e. The van der Waals surface area contributed by atoms with E-state index in [1.807, 2.05) is 6.07 Å². The Bertz CT molecular complexity index is 448. The van der Waals surface area contributed by atoms with E-state index in [9.17, 15) is 10.1 Å². The SMILES string of the molecule is CCC(CC)Nc1ccc([N+](=O)[O-])c(C#N)c1. The Balaban J connectivity index is 2.98. The highest BCUT2D eigenvalue weighted by atomic mass is 16.6. The lowest BCUT2D eigenvalue weighted by Gasteiger charge is -2.16. The van der Waals surface area contributed by atoms with Crippen molar-refractivity contribution < 1.29 is 4.92 Å². The third-order valence-electron chi connectivity index (χ3n) is 2.67. The Morgan fingerprint density at radius 1 is 1.47 bits per heavy atom. The van der Waals surface area contributed by atoms with Gasteiger partial charge >= 0.3 is 0 Å². The molecule has 0 fully saturated rings. The van der Waals surface area contributed by atoms with E-state index >= 15 is 0 Å². The Morgan fingerprint density at radius 2 is 2.12 bits per heavy atom. The number of benzene rings is 1. The average molecular weight is 233 g/mol. The molecule has 0 aliphatic carbocycles. The molecule has 0 unspecified atom stereocenters. The van der Waals surface area contributed by atoms with E-state index in [2.05, 4.69) is 19.2 Å². The predicted molar refractivity (Wildman–Crippen MR) is 65.8 cm³/mol. The van der Waals surface area contributed by atoms with Gasteiger partial charge in [0.1, 0.15) is 11.6 Å². The minimum absolute atomic E-state index is 0.0888. The van der Waals surface area contributed by atoms with Gasteiger partial charge < -0.3 is 5.32 Å². The summed E-state index contributed by atoms with van der Waals surface area (Å²) < 4.78 is 0. The molecular formula is C12H15N3O2. The van der Waals surface area contributed by atoms with Crippen LogP contribution >= 0.6 is 0 Å². The number of anilines is 1. The van der Waals surface area contributed by atoms with E-state index in [0.29, 0.717) is 6.04 Å². The lowest BCUT2D eigenvalue weighted by atomic mass is 10.1. The number of nitrogens with one attached hydrogen (secondary N) is 1. The number of nitro groups is 1. The third-order valence-corrected chi connectivity index (χ3v) is 2.67. The lowest BCUT2D eigenvalue weighted by Crippen LogP contribution is -2.16. The standard InChI is InChI=1S/C12H15N3O2/c1-3-10(4-2)14-11-5-6-12(15(16)17)9(7-11)8-13/h5-7,10,14H,3-4H2,1-2H3. The van der Waals surface area contributed by atoms with Crippen LogP contribution in [0.25, 0.3) is 0 Å². The van der Waals surface area contributed by atoms with Gasteiger partial charge in [0.15, 0.2) is 0 Å². The Labute approximate surface area is 100 Å². The summed E-state index contributed by atoms with van der Waals surface area (Å²) in [6.07, 6.45) is 1.94. The topological polar surface area (TPSA) is 79.0 Å². The third kappa shape index (κ3) is 3.18. The van der Waals surface area contributed by atoms with Gasteiger partial charge in [-0.05, 0) is 25.0 Å². The molecule has 0 amide bonds. The Morgan fingerprint density at radius 3 is 2.59 bits per heavy atom. The van der Waals surface area contributed by atoms with Crippen molar-refractivity contribution in [1.29, 1.82) is 5.26 Å². The molecule has 5 nitrogen and oxygen atoms in total. The van der Waals surface area contributed by atoms with Crippen LogP contribution < -0.4 is 5.32 Å². The first kappa shape index (κ1) is 13.0. The molecule has 17 heavy (non-hydrogen) atoms. The van der Waals surface area contributed by atoms with Gasteiger partial charge in [-0.3, -0.25) is 10.1 Å². The molecule has 0 spiro atoms. The fourth-order valence-electron chi connectivity index (χ4n) is 1.60. The first-order chi connectivity index (χ1) is 8.12. The van der Waals surface area contributed by atoms with Gasteiger partial charge in [0.2, 0.25) is 0 Å². The van der Waals surface area contributed by atoms with Gasteiger partial charge in [0.25, 0.3) is 5.69 Å². The maximum Gasteiger partial charge on any atom is 0.287 e. The zero-order chi connectivity index (χ0) is 12.8. The molecule has 0 heterocycles. The fourth-order valence-corrected chi connectivity index (χ4v) is 1.60. The summed E-state index contributed by atoms with van der Waals surface area (Å²) in [6, 6.07) is 6.69. The molecule has 5 heteroatoms. The summed E-state index contributed by atoms with van der Waals surface area (Å²) in [5, 5.41) is 22.8. The molecule has 0 saturated heterocycles. The summed E-state index contributed by atoms with van der Waals surface area (Å²) in [6.45, 7) is 4.13. The second-order valence-corrected chi connectivity index (χ2v) is 3.76. The highest BCUT2D eigenvalue weighted by molar-refractivity contribution is 5.58. The van der Waals surface area contributed by atoms with Crippen molar-refractivity contribution in [3.63, 3.8) is 0 Å².